The van der Waals surface area contributed by atoms with Gasteiger partial charge in [-0.3, -0.25) is 13.9 Å². The smallest absolute Gasteiger partial charge is 0.380 e. The molecule has 2 aromatic rings. The van der Waals surface area contributed by atoms with E-state index in [4.69, 9.17) is 36.4 Å². The lowest BCUT2D eigenvalue weighted by Crippen LogP contribution is -2.54. The third-order valence-electron chi connectivity index (χ3n) is 5.58. The Kier molecular flexibility index (Phi) is 8.79. The summed E-state index contributed by atoms with van der Waals surface area (Å²) in [7, 11) is -4.01. The van der Waals surface area contributed by atoms with Crippen molar-refractivity contribution in [2.75, 3.05) is 18.5 Å². The second kappa shape index (κ2) is 11.5. The molecule has 0 saturated carbocycles. The van der Waals surface area contributed by atoms with Crippen LogP contribution in [0.3, 0.4) is 0 Å². The molecule has 1 fully saturated rings. The Morgan fingerprint density at radius 3 is 2.59 bits per heavy atom. The maximum Gasteiger partial charge on any atom is 0.380 e. The summed E-state index contributed by atoms with van der Waals surface area (Å²) in [5.41, 5.74) is 9.16. The molecule has 200 valence electrons. The lowest BCUT2D eigenvalue weighted by molar-refractivity contribution is -0.151. The van der Waals surface area contributed by atoms with Crippen molar-refractivity contribution in [2.24, 2.45) is 11.7 Å². The molecule has 1 saturated heterocycles. The first kappa shape index (κ1) is 28.4. The monoisotopic (exact) mass is 534 g/mol. The zero-order valence-corrected chi connectivity index (χ0v) is 21.6. The Balaban J connectivity index is 1.83. The van der Waals surface area contributed by atoms with Gasteiger partial charge in [0.15, 0.2) is 11.8 Å². The summed E-state index contributed by atoms with van der Waals surface area (Å²) in [5, 5.41) is 10.9. The standard InChI is InChI=1S/C24H31N4O8P/c1-5-24(26)20(29)18(35-22(24)28-12-11-19(25)27-23(28)31)13-33-37(32,36-17-9-7-6-8-10-17)14-16(4)21(30)34-15(2)3/h1,6-12,15-16,18,20,22,29H,13-14,26H2,2-4H3,(H2,25,27,31)/t16-,18-,20+,22-,24?,37+/m1/s1. The van der Waals surface area contributed by atoms with E-state index in [1.165, 1.54) is 19.2 Å². The van der Waals surface area contributed by atoms with E-state index in [0.29, 0.717) is 0 Å². The van der Waals surface area contributed by atoms with Crippen LogP contribution in [0.5, 0.6) is 5.75 Å². The van der Waals surface area contributed by atoms with Gasteiger partial charge in [0, 0.05) is 6.20 Å². The maximum absolute atomic E-state index is 13.8. The van der Waals surface area contributed by atoms with E-state index in [9.17, 15) is 19.3 Å². The molecule has 3 rings (SSSR count). The lowest BCUT2D eigenvalue weighted by Gasteiger charge is -2.27. The van der Waals surface area contributed by atoms with E-state index < -0.39 is 55.8 Å². The largest absolute Gasteiger partial charge is 0.463 e. The van der Waals surface area contributed by atoms with Gasteiger partial charge in [-0.25, -0.2) is 9.36 Å². The average Bonchev–Trinajstić information content (AvgIpc) is 3.08. The zero-order valence-electron chi connectivity index (χ0n) is 20.7. The number of carbonyl (C=O) groups excluding carboxylic acids is 1. The van der Waals surface area contributed by atoms with Crippen LogP contribution in [0.1, 0.15) is 27.0 Å². The number of rotatable bonds is 10. The predicted molar refractivity (Wildman–Crippen MR) is 134 cm³/mol. The first-order valence-corrected chi connectivity index (χ1v) is 13.2. The summed E-state index contributed by atoms with van der Waals surface area (Å²) < 4.78 is 37.2. The molecule has 1 unspecified atom stereocenters. The van der Waals surface area contributed by atoms with E-state index in [2.05, 4.69) is 10.9 Å². The Labute approximate surface area is 214 Å². The van der Waals surface area contributed by atoms with E-state index in [-0.39, 0.29) is 23.8 Å². The number of aromatic nitrogens is 2. The molecule has 1 aliphatic heterocycles. The van der Waals surface area contributed by atoms with Crippen molar-refractivity contribution in [3.8, 4) is 18.1 Å². The van der Waals surface area contributed by atoms with Gasteiger partial charge in [-0.15, -0.1) is 6.42 Å². The van der Waals surface area contributed by atoms with E-state index in [1.807, 2.05) is 0 Å². The molecule has 0 radical (unpaired) electrons. The van der Waals surface area contributed by atoms with Crippen LogP contribution in [0, 0.1) is 18.3 Å². The number of esters is 1. The molecular weight excluding hydrogens is 503 g/mol. The summed E-state index contributed by atoms with van der Waals surface area (Å²) in [6.45, 7) is 4.45. The summed E-state index contributed by atoms with van der Waals surface area (Å²) in [6, 6.07) is 9.61. The molecule has 0 bridgehead atoms. The molecular formula is C24H31N4O8P. The molecule has 37 heavy (non-hydrogen) atoms. The second-order valence-corrected chi connectivity index (χ2v) is 11.0. The average molecular weight is 535 g/mol. The van der Waals surface area contributed by atoms with Crippen LogP contribution < -0.4 is 21.7 Å². The quantitative estimate of drug-likeness (QED) is 0.227. The van der Waals surface area contributed by atoms with Crippen LogP contribution >= 0.6 is 7.60 Å². The number of nitrogens with two attached hydrogens (primary N) is 2. The number of terminal acetylenes is 1. The van der Waals surface area contributed by atoms with Gasteiger partial charge in [0.25, 0.3) is 0 Å². The number of ether oxygens (including phenoxy) is 2. The molecule has 13 heteroatoms. The van der Waals surface area contributed by atoms with Crippen molar-refractivity contribution in [2.45, 2.75) is 50.8 Å². The zero-order chi connectivity index (χ0) is 27.4. The number of para-hydroxylation sites is 1. The molecule has 5 N–H and O–H groups in total. The first-order valence-electron chi connectivity index (χ1n) is 11.5. The number of anilines is 1. The van der Waals surface area contributed by atoms with Crippen LogP contribution in [0.25, 0.3) is 0 Å². The molecule has 1 aromatic carbocycles. The fourth-order valence-electron chi connectivity index (χ4n) is 3.70. The van der Waals surface area contributed by atoms with Crippen molar-refractivity contribution in [1.29, 1.82) is 0 Å². The van der Waals surface area contributed by atoms with Crippen molar-refractivity contribution in [3.63, 3.8) is 0 Å². The predicted octanol–water partition coefficient (Wildman–Crippen LogP) is 1.29. The Bertz CT molecular complexity index is 1250. The topological polar surface area (TPSA) is 178 Å². The van der Waals surface area contributed by atoms with Crippen LogP contribution in [-0.4, -0.2) is 57.2 Å². The Hall–Kier alpha value is -3.20. The molecule has 2 heterocycles. The first-order chi connectivity index (χ1) is 17.4. The molecule has 12 nitrogen and oxygen atoms in total. The SMILES string of the molecule is C#CC1(N)[C@@H](O)[C@@H](CO[P@@](=O)(C[C@@H](C)C(=O)OC(C)C)Oc2ccccc2)O[C@H]1n1ccc(N)nc1=O. The fourth-order valence-corrected chi connectivity index (χ4v) is 5.57. The van der Waals surface area contributed by atoms with Gasteiger partial charge in [0.05, 0.1) is 24.8 Å². The number of hydrogen-bond donors (Lipinski definition) is 3. The number of nitrogen functional groups attached to an aromatic ring is 1. The maximum atomic E-state index is 13.8. The summed E-state index contributed by atoms with van der Waals surface area (Å²) in [4.78, 5) is 28.4. The Morgan fingerprint density at radius 1 is 1.32 bits per heavy atom. The van der Waals surface area contributed by atoms with E-state index in [0.717, 1.165) is 4.57 Å². The molecule has 6 atom stereocenters. The van der Waals surface area contributed by atoms with Gasteiger partial charge in [-0.2, -0.15) is 4.98 Å². The minimum Gasteiger partial charge on any atom is -0.463 e. The van der Waals surface area contributed by atoms with Crippen LogP contribution in [0.4, 0.5) is 5.82 Å². The van der Waals surface area contributed by atoms with Crippen molar-refractivity contribution in [1.82, 2.24) is 9.55 Å². The van der Waals surface area contributed by atoms with Gasteiger partial charge in [-0.05, 0) is 32.0 Å². The third kappa shape index (κ3) is 6.57. The number of benzene rings is 1. The summed E-state index contributed by atoms with van der Waals surface area (Å²) in [5.74, 6) is 1.10. The van der Waals surface area contributed by atoms with Gasteiger partial charge < -0.3 is 30.6 Å². The van der Waals surface area contributed by atoms with Crippen molar-refractivity contribution < 1.29 is 33.0 Å². The van der Waals surface area contributed by atoms with Crippen molar-refractivity contribution in [3.05, 3.63) is 53.1 Å². The van der Waals surface area contributed by atoms with Gasteiger partial charge >= 0.3 is 19.3 Å². The van der Waals surface area contributed by atoms with Crippen LogP contribution in [0.15, 0.2) is 47.4 Å². The third-order valence-corrected chi connectivity index (χ3v) is 7.61. The lowest BCUT2D eigenvalue weighted by atomic mass is 9.92. The normalized spacial score (nSPS) is 25.7. The van der Waals surface area contributed by atoms with Crippen LogP contribution in [0.2, 0.25) is 0 Å². The molecule has 0 amide bonds. The molecule has 1 aromatic heterocycles. The highest BCUT2D eigenvalue weighted by atomic mass is 31.2. The second-order valence-electron chi connectivity index (χ2n) is 8.97. The van der Waals surface area contributed by atoms with Gasteiger partial charge in [-0.1, -0.05) is 31.0 Å². The number of aliphatic hydroxyl groups is 1. The Morgan fingerprint density at radius 2 is 2.00 bits per heavy atom. The number of aliphatic hydroxyl groups excluding tert-OH is 1. The highest BCUT2D eigenvalue weighted by molar-refractivity contribution is 7.54. The van der Waals surface area contributed by atoms with E-state index >= 15 is 0 Å². The highest BCUT2D eigenvalue weighted by Gasteiger charge is 2.55. The molecule has 0 spiro atoms. The molecule has 1 aliphatic rings. The van der Waals surface area contributed by atoms with Crippen molar-refractivity contribution >= 4 is 19.4 Å². The van der Waals surface area contributed by atoms with Crippen LogP contribution in [-0.2, 0) is 23.4 Å². The fraction of sp³-hybridized carbons (Fsp3) is 0.458. The summed E-state index contributed by atoms with van der Waals surface area (Å²) in [6.07, 6.45) is 2.15. The molecule has 0 aliphatic carbocycles. The number of carbonyl (C=O) groups is 1. The number of nitrogens with zero attached hydrogens (tertiary/aromatic N) is 2. The van der Waals surface area contributed by atoms with Gasteiger partial charge in [0.1, 0.15) is 23.8 Å². The minimum absolute atomic E-state index is 0.0212. The minimum atomic E-state index is -4.01. The van der Waals surface area contributed by atoms with Gasteiger partial charge in [0.2, 0.25) is 0 Å². The summed E-state index contributed by atoms with van der Waals surface area (Å²) >= 11 is 0. The number of hydrogen-bond acceptors (Lipinski definition) is 11. The highest BCUT2D eigenvalue weighted by Crippen LogP contribution is 2.51. The van der Waals surface area contributed by atoms with E-state index in [1.54, 1.807) is 44.2 Å².